The zero-order chi connectivity index (χ0) is 13.3. The van der Waals surface area contributed by atoms with Crippen LogP contribution in [0.3, 0.4) is 0 Å². The standard InChI is InChI=1S/C15H21N3/c1-11-7-15(6-5-14(11)8-16)18-9-12(2)17(4)13(3)10-18/h5-7,12-13H,9-10H2,1-4H3. The summed E-state index contributed by atoms with van der Waals surface area (Å²) >= 11 is 0. The van der Waals surface area contributed by atoms with Gasteiger partial charge in [-0.2, -0.15) is 5.26 Å². The second kappa shape index (κ2) is 4.99. The highest BCUT2D eigenvalue weighted by Gasteiger charge is 2.26. The van der Waals surface area contributed by atoms with Crippen LogP contribution in [0, 0.1) is 18.3 Å². The summed E-state index contributed by atoms with van der Waals surface area (Å²) in [5.74, 6) is 0. The highest BCUT2D eigenvalue weighted by molar-refractivity contribution is 5.54. The van der Waals surface area contributed by atoms with E-state index in [4.69, 9.17) is 5.26 Å². The largest absolute Gasteiger partial charge is 0.368 e. The summed E-state index contributed by atoms with van der Waals surface area (Å²) in [6.45, 7) is 8.63. The van der Waals surface area contributed by atoms with Crippen molar-refractivity contribution < 1.29 is 0 Å². The molecule has 0 saturated carbocycles. The van der Waals surface area contributed by atoms with E-state index in [1.165, 1.54) is 5.69 Å². The molecule has 96 valence electrons. The van der Waals surface area contributed by atoms with Crippen molar-refractivity contribution in [2.45, 2.75) is 32.9 Å². The Labute approximate surface area is 110 Å². The van der Waals surface area contributed by atoms with Crippen LogP contribution >= 0.6 is 0 Å². The molecule has 1 aliphatic rings. The van der Waals surface area contributed by atoms with E-state index in [-0.39, 0.29) is 0 Å². The quantitative estimate of drug-likeness (QED) is 0.758. The fraction of sp³-hybridized carbons (Fsp3) is 0.533. The maximum Gasteiger partial charge on any atom is 0.0994 e. The Morgan fingerprint density at radius 2 is 1.83 bits per heavy atom. The minimum absolute atomic E-state index is 0.560. The molecule has 1 fully saturated rings. The average molecular weight is 243 g/mol. The number of likely N-dealkylation sites (N-methyl/N-ethyl adjacent to an activating group) is 1. The topological polar surface area (TPSA) is 30.3 Å². The van der Waals surface area contributed by atoms with Gasteiger partial charge in [0.2, 0.25) is 0 Å². The number of nitrogens with zero attached hydrogens (tertiary/aromatic N) is 3. The lowest BCUT2D eigenvalue weighted by Gasteiger charge is -2.43. The Kier molecular flexibility index (Phi) is 3.58. The van der Waals surface area contributed by atoms with Gasteiger partial charge in [0, 0.05) is 30.9 Å². The van der Waals surface area contributed by atoms with E-state index in [0.717, 1.165) is 24.2 Å². The lowest BCUT2D eigenvalue weighted by atomic mass is 10.1. The normalized spacial score (nSPS) is 24.9. The van der Waals surface area contributed by atoms with E-state index in [0.29, 0.717) is 12.1 Å². The Bertz CT molecular complexity index is 463. The molecule has 2 unspecified atom stereocenters. The maximum atomic E-state index is 8.97. The van der Waals surface area contributed by atoms with Gasteiger partial charge in [-0.3, -0.25) is 4.90 Å². The summed E-state index contributed by atoms with van der Waals surface area (Å²) < 4.78 is 0. The summed E-state index contributed by atoms with van der Waals surface area (Å²) in [7, 11) is 2.19. The molecule has 0 amide bonds. The third kappa shape index (κ3) is 2.34. The fourth-order valence-corrected chi connectivity index (χ4v) is 2.59. The molecule has 3 nitrogen and oxygen atoms in total. The Balaban J connectivity index is 2.22. The minimum Gasteiger partial charge on any atom is -0.368 e. The van der Waals surface area contributed by atoms with Crippen molar-refractivity contribution in [3.05, 3.63) is 29.3 Å². The van der Waals surface area contributed by atoms with E-state index in [1.54, 1.807) is 0 Å². The number of rotatable bonds is 1. The molecule has 1 saturated heterocycles. The third-order valence-electron chi connectivity index (χ3n) is 4.06. The van der Waals surface area contributed by atoms with Gasteiger partial charge in [0.25, 0.3) is 0 Å². The van der Waals surface area contributed by atoms with Crippen molar-refractivity contribution in [2.75, 3.05) is 25.0 Å². The van der Waals surface area contributed by atoms with Gasteiger partial charge >= 0.3 is 0 Å². The molecule has 18 heavy (non-hydrogen) atoms. The molecule has 0 spiro atoms. The second-order valence-corrected chi connectivity index (χ2v) is 5.38. The molecular weight excluding hydrogens is 222 g/mol. The molecule has 3 heteroatoms. The number of piperazine rings is 1. The molecule has 2 atom stereocenters. The number of hydrogen-bond acceptors (Lipinski definition) is 3. The molecule has 0 N–H and O–H groups in total. The van der Waals surface area contributed by atoms with Crippen LogP contribution in [0.4, 0.5) is 5.69 Å². The number of benzene rings is 1. The van der Waals surface area contributed by atoms with E-state index in [2.05, 4.69) is 48.9 Å². The van der Waals surface area contributed by atoms with E-state index in [1.807, 2.05) is 13.0 Å². The molecule has 1 heterocycles. The number of anilines is 1. The first kappa shape index (κ1) is 12.9. The van der Waals surface area contributed by atoms with Crippen LogP contribution in [0.25, 0.3) is 0 Å². The molecule has 1 aromatic rings. The van der Waals surface area contributed by atoms with Crippen LogP contribution in [-0.4, -0.2) is 37.1 Å². The summed E-state index contributed by atoms with van der Waals surface area (Å²) in [6.07, 6.45) is 0. The van der Waals surface area contributed by atoms with Gasteiger partial charge in [0.05, 0.1) is 11.6 Å². The minimum atomic E-state index is 0.560. The molecule has 0 aromatic heterocycles. The second-order valence-electron chi connectivity index (χ2n) is 5.38. The smallest absolute Gasteiger partial charge is 0.0994 e. The first-order chi connectivity index (χ1) is 8.52. The van der Waals surface area contributed by atoms with Crippen LogP contribution in [0.1, 0.15) is 25.0 Å². The lowest BCUT2D eigenvalue weighted by molar-refractivity contribution is 0.170. The molecule has 1 aliphatic heterocycles. The molecule has 0 aliphatic carbocycles. The van der Waals surface area contributed by atoms with Crippen LogP contribution in [0.15, 0.2) is 18.2 Å². The highest BCUT2D eigenvalue weighted by Crippen LogP contribution is 2.23. The maximum absolute atomic E-state index is 8.97. The SMILES string of the molecule is Cc1cc(N2CC(C)N(C)C(C)C2)ccc1C#N. The predicted molar refractivity (Wildman–Crippen MR) is 74.8 cm³/mol. The zero-order valence-electron chi connectivity index (χ0n) is 11.6. The van der Waals surface area contributed by atoms with Crippen molar-refractivity contribution in [2.24, 2.45) is 0 Å². The highest BCUT2D eigenvalue weighted by atomic mass is 15.3. The molecular formula is C15H21N3. The monoisotopic (exact) mass is 243 g/mol. The van der Waals surface area contributed by atoms with Crippen LogP contribution < -0.4 is 4.90 Å². The van der Waals surface area contributed by atoms with Crippen molar-refractivity contribution in [3.63, 3.8) is 0 Å². The summed E-state index contributed by atoms with van der Waals surface area (Å²) in [5.41, 5.74) is 3.07. The Morgan fingerprint density at radius 1 is 1.22 bits per heavy atom. The van der Waals surface area contributed by atoms with Gasteiger partial charge < -0.3 is 4.90 Å². The Hall–Kier alpha value is -1.53. The van der Waals surface area contributed by atoms with Crippen molar-refractivity contribution in [1.29, 1.82) is 5.26 Å². The van der Waals surface area contributed by atoms with E-state index in [9.17, 15) is 0 Å². The predicted octanol–water partition coefficient (Wildman–Crippen LogP) is 2.40. The summed E-state index contributed by atoms with van der Waals surface area (Å²) in [6, 6.07) is 9.47. The summed E-state index contributed by atoms with van der Waals surface area (Å²) in [4.78, 5) is 4.84. The molecule has 1 aromatic carbocycles. The van der Waals surface area contributed by atoms with Crippen LogP contribution in [0.5, 0.6) is 0 Å². The van der Waals surface area contributed by atoms with Gasteiger partial charge in [-0.1, -0.05) is 0 Å². The molecule has 0 bridgehead atoms. The first-order valence-corrected chi connectivity index (χ1v) is 6.50. The van der Waals surface area contributed by atoms with Gasteiger partial charge in [-0.15, -0.1) is 0 Å². The van der Waals surface area contributed by atoms with Gasteiger partial charge in [0.15, 0.2) is 0 Å². The van der Waals surface area contributed by atoms with Crippen molar-refractivity contribution in [1.82, 2.24) is 4.90 Å². The fourth-order valence-electron chi connectivity index (χ4n) is 2.59. The first-order valence-electron chi connectivity index (χ1n) is 6.50. The van der Waals surface area contributed by atoms with Crippen LogP contribution in [-0.2, 0) is 0 Å². The van der Waals surface area contributed by atoms with Crippen molar-refractivity contribution in [3.8, 4) is 6.07 Å². The van der Waals surface area contributed by atoms with Gasteiger partial charge in [0.1, 0.15) is 0 Å². The number of aryl methyl sites for hydroxylation is 1. The number of hydrogen-bond donors (Lipinski definition) is 0. The third-order valence-corrected chi connectivity index (χ3v) is 4.06. The number of nitriles is 1. The van der Waals surface area contributed by atoms with E-state index < -0.39 is 0 Å². The molecule has 2 rings (SSSR count). The molecule has 0 radical (unpaired) electrons. The van der Waals surface area contributed by atoms with Crippen molar-refractivity contribution >= 4 is 5.69 Å². The summed E-state index contributed by atoms with van der Waals surface area (Å²) in [5, 5.41) is 8.97. The zero-order valence-corrected chi connectivity index (χ0v) is 11.6. The van der Waals surface area contributed by atoms with E-state index >= 15 is 0 Å². The Morgan fingerprint density at radius 3 is 2.33 bits per heavy atom. The van der Waals surface area contributed by atoms with Crippen LogP contribution in [0.2, 0.25) is 0 Å². The average Bonchev–Trinajstić information content (AvgIpc) is 2.35. The lowest BCUT2D eigenvalue weighted by Crippen LogP contribution is -2.55. The van der Waals surface area contributed by atoms with Gasteiger partial charge in [-0.05, 0) is 51.6 Å². The van der Waals surface area contributed by atoms with Gasteiger partial charge in [-0.25, -0.2) is 0 Å².